The van der Waals surface area contributed by atoms with E-state index in [4.69, 9.17) is 0 Å². The third kappa shape index (κ3) is 3.85. The molecule has 1 fully saturated rings. The van der Waals surface area contributed by atoms with Crippen LogP contribution in [0.25, 0.3) is 0 Å². The average molecular weight is 315 g/mol. The zero-order chi connectivity index (χ0) is 15.2. The Morgan fingerprint density at radius 3 is 2.64 bits per heavy atom. The fraction of sp³-hybridized carbons (Fsp3) is 0.412. The van der Waals surface area contributed by atoms with Crippen LogP contribution in [0.2, 0.25) is 0 Å². The van der Waals surface area contributed by atoms with E-state index >= 15 is 0 Å². The number of carbonyl (C=O) groups excluding carboxylic acids is 1. The minimum absolute atomic E-state index is 0.0135. The summed E-state index contributed by atoms with van der Waals surface area (Å²) in [6, 6.07) is 7.95. The molecule has 1 amide bonds. The van der Waals surface area contributed by atoms with E-state index in [1.165, 1.54) is 24.9 Å². The van der Waals surface area contributed by atoms with Crippen LogP contribution in [0, 0.1) is 0 Å². The van der Waals surface area contributed by atoms with Crippen LogP contribution in [0.4, 0.5) is 5.69 Å². The number of nitrogens with zero attached hydrogens (tertiary/aromatic N) is 2. The molecular weight excluding hydrogens is 294 g/mol. The van der Waals surface area contributed by atoms with Crippen LogP contribution < -0.4 is 10.2 Å². The van der Waals surface area contributed by atoms with E-state index in [9.17, 15) is 4.79 Å². The van der Waals surface area contributed by atoms with E-state index in [-0.39, 0.29) is 5.91 Å². The van der Waals surface area contributed by atoms with Gasteiger partial charge < -0.3 is 10.2 Å². The van der Waals surface area contributed by atoms with Gasteiger partial charge in [-0.25, -0.2) is 4.98 Å². The van der Waals surface area contributed by atoms with Gasteiger partial charge in [-0.1, -0.05) is 0 Å². The van der Waals surface area contributed by atoms with Gasteiger partial charge in [0.2, 0.25) is 0 Å². The van der Waals surface area contributed by atoms with Crippen LogP contribution in [0.1, 0.15) is 35.3 Å². The number of aromatic nitrogens is 1. The minimum Gasteiger partial charge on any atom is -0.372 e. The molecular formula is C17H21N3OS. The van der Waals surface area contributed by atoms with E-state index in [0.717, 1.165) is 30.8 Å². The smallest absolute Gasteiger partial charge is 0.251 e. The van der Waals surface area contributed by atoms with Gasteiger partial charge >= 0.3 is 0 Å². The van der Waals surface area contributed by atoms with Crippen LogP contribution >= 0.6 is 11.3 Å². The average Bonchev–Trinajstić information content (AvgIpc) is 3.09. The topological polar surface area (TPSA) is 45.2 Å². The second kappa shape index (κ2) is 7.40. The van der Waals surface area contributed by atoms with Crippen molar-refractivity contribution in [1.82, 2.24) is 10.3 Å². The standard InChI is InChI=1S/C17H21N3OS/c21-17(18-9-8-15-12-22-13-19-15)14-4-6-16(7-5-14)20-10-2-1-3-11-20/h4-7,12-13H,1-3,8-11H2,(H,18,21). The Morgan fingerprint density at radius 1 is 1.18 bits per heavy atom. The number of hydrogen-bond acceptors (Lipinski definition) is 4. The van der Waals surface area contributed by atoms with Crippen molar-refractivity contribution >= 4 is 22.9 Å². The van der Waals surface area contributed by atoms with E-state index in [1.54, 1.807) is 11.3 Å². The number of anilines is 1. The Morgan fingerprint density at radius 2 is 1.95 bits per heavy atom. The van der Waals surface area contributed by atoms with Crippen LogP contribution in [-0.4, -0.2) is 30.5 Å². The first-order valence-electron chi connectivity index (χ1n) is 7.83. The zero-order valence-electron chi connectivity index (χ0n) is 12.6. The number of carbonyl (C=O) groups is 1. The van der Waals surface area contributed by atoms with Gasteiger partial charge in [0.05, 0.1) is 11.2 Å². The first-order valence-corrected chi connectivity index (χ1v) is 8.77. The third-order valence-electron chi connectivity index (χ3n) is 4.00. The van der Waals surface area contributed by atoms with Crippen LogP contribution in [0.3, 0.4) is 0 Å². The molecule has 116 valence electrons. The number of piperidine rings is 1. The Kier molecular flexibility index (Phi) is 5.06. The highest BCUT2D eigenvalue weighted by atomic mass is 32.1. The molecule has 3 rings (SSSR count). The van der Waals surface area contributed by atoms with Gasteiger partial charge in [-0.15, -0.1) is 11.3 Å². The molecule has 0 atom stereocenters. The van der Waals surface area contributed by atoms with Gasteiger partial charge in [-0.2, -0.15) is 0 Å². The van der Waals surface area contributed by atoms with Gasteiger partial charge in [0, 0.05) is 42.7 Å². The lowest BCUT2D eigenvalue weighted by Gasteiger charge is -2.28. The summed E-state index contributed by atoms with van der Waals surface area (Å²) in [6.45, 7) is 2.87. The first-order chi connectivity index (χ1) is 10.8. The molecule has 1 aliphatic heterocycles. The number of thiazole rings is 1. The highest BCUT2D eigenvalue weighted by Gasteiger charge is 2.11. The monoisotopic (exact) mass is 315 g/mol. The molecule has 22 heavy (non-hydrogen) atoms. The van der Waals surface area contributed by atoms with E-state index in [0.29, 0.717) is 6.54 Å². The summed E-state index contributed by atoms with van der Waals surface area (Å²) in [5.74, 6) is -0.0135. The van der Waals surface area contributed by atoms with Crippen molar-refractivity contribution in [1.29, 1.82) is 0 Å². The number of hydrogen-bond donors (Lipinski definition) is 1. The first kappa shape index (κ1) is 15.0. The summed E-state index contributed by atoms with van der Waals surface area (Å²) in [4.78, 5) is 18.7. The predicted molar refractivity (Wildman–Crippen MR) is 90.7 cm³/mol. The molecule has 0 aliphatic carbocycles. The maximum absolute atomic E-state index is 12.1. The van der Waals surface area contributed by atoms with Gasteiger partial charge in [-0.05, 0) is 43.5 Å². The van der Waals surface area contributed by atoms with Crippen LogP contribution in [-0.2, 0) is 6.42 Å². The van der Waals surface area contributed by atoms with Crippen LogP contribution in [0.15, 0.2) is 35.2 Å². The molecule has 1 aromatic heterocycles. The molecule has 2 aromatic rings. The fourth-order valence-corrected chi connectivity index (χ4v) is 3.34. The van der Waals surface area contributed by atoms with E-state index in [2.05, 4.69) is 27.3 Å². The fourth-order valence-electron chi connectivity index (χ4n) is 2.74. The molecule has 1 aliphatic rings. The SMILES string of the molecule is O=C(NCCc1cscn1)c1ccc(N2CCCCC2)cc1. The van der Waals surface area contributed by atoms with Crippen molar-refractivity contribution in [3.8, 4) is 0 Å². The van der Waals surface area contributed by atoms with Gasteiger partial charge in [0.15, 0.2) is 0 Å². The van der Waals surface area contributed by atoms with Crippen molar-refractivity contribution in [2.75, 3.05) is 24.5 Å². The molecule has 0 spiro atoms. The highest BCUT2D eigenvalue weighted by molar-refractivity contribution is 7.07. The summed E-state index contributed by atoms with van der Waals surface area (Å²) < 4.78 is 0. The Labute approximate surface area is 135 Å². The summed E-state index contributed by atoms with van der Waals surface area (Å²) in [5.41, 5.74) is 4.79. The maximum Gasteiger partial charge on any atom is 0.251 e. The molecule has 1 saturated heterocycles. The molecule has 0 bridgehead atoms. The largest absolute Gasteiger partial charge is 0.372 e. The van der Waals surface area contributed by atoms with Crippen LogP contribution in [0.5, 0.6) is 0 Å². The summed E-state index contributed by atoms with van der Waals surface area (Å²) in [5, 5.41) is 4.96. The second-order valence-corrected chi connectivity index (χ2v) is 6.30. The van der Waals surface area contributed by atoms with Gasteiger partial charge in [0.25, 0.3) is 5.91 Å². The molecule has 1 aromatic carbocycles. The van der Waals surface area contributed by atoms with Crippen molar-refractivity contribution in [2.45, 2.75) is 25.7 Å². The maximum atomic E-state index is 12.1. The third-order valence-corrected chi connectivity index (χ3v) is 4.64. The van der Waals surface area contributed by atoms with Gasteiger partial charge in [0.1, 0.15) is 0 Å². The molecule has 5 heteroatoms. The molecule has 2 heterocycles. The minimum atomic E-state index is -0.0135. The Hall–Kier alpha value is -1.88. The normalized spacial score (nSPS) is 14.8. The number of nitrogens with one attached hydrogen (secondary N) is 1. The van der Waals surface area contributed by atoms with E-state index < -0.39 is 0 Å². The molecule has 0 unspecified atom stereocenters. The number of rotatable bonds is 5. The second-order valence-electron chi connectivity index (χ2n) is 5.58. The summed E-state index contributed by atoms with van der Waals surface area (Å²) in [7, 11) is 0. The predicted octanol–water partition coefficient (Wildman–Crippen LogP) is 3.11. The summed E-state index contributed by atoms with van der Waals surface area (Å²) in [6.07, 6.45) is 4.63. The van der Waals surface area contributed by atoms with Crippen molar-refractivity contribution in [3.05, 3.63) is 46.4 Å². The summed E-state index contributed by atoms with van der Waals surface area (Å²) >= 11 is 1.58. The lowest BCUT2D eigenvalue weighted by Crippen LogP contribution is -2.29. The highest BCUT2D eigenvalue weighted by Crippen LogP contribution is 2.20. The lowest BCUT2D eigenvalue weighted by atomic mass is 10.1. The quantitative estimate of drug-likeness (QED) is 0.922. The number of benzene rings is 1. The Bertz CT molecular complexity index is 589. The molecule has 1 N–H and O–H groups in total. The molecule has 4 nitrogen and oxygen atoms in total. The van der Waals surface area contributed by atoms with Crippen molar-refractivity contribution in [3.63, 3.8) is 0 Å². The van der Waals surface area contributed by atoms with Crippen molar-refractivity contribution < 1.29 is 4.79 Å². The van der Waals surface area contributed by atoms with E-state index in [1.807, 2.05) is 23.0 Å². The zero-order valence-corrected chi connectivity index (χ0v) is 13.4. The molecule has 0 radical (unpaired) electrons. The molecule has 0 saturated carbocycles. The Balaban J connectivity index is 1.51. The lowest BCUT2D eigenvalue weighted by molar-refractivity contribution is 0.0954. The van der Waals surface area contributed by atoms with Crippen molar-refractivity contribution in [2.24, 2.45) is 0 Å². The number of amides is 1. The van der Waals surface area contributed by atoms with Gasteiger partial charge in [-0.3, -0.25) is 4.79 Å².